The summed E-state index contributed by atoms with van der Waals surface area (Å²) >= 11 is 0. The van der Waals surface area contributed by atoms with Gasteiger partial charge in [-0.1, -0.05) is 76.3 Å². The van der Waals surface area contributed by atoms with Gasteiger partial charge in [-0.2, -0.15) is 0 Å². The molecule has 0 amide bonds. The number of fused-ring (bicyclic) bond motifs is 6. The van der Waals surface area contributed by atoms with Crippen molar-refractivity contribution in [2.24, 2.45) is 0 Å². The van der Waals surface area contributed by atoms with Gasteiger partial charge in [-0.3, -0.25) is 0 Å². The Labute approximate surface area is 166 Å². The first kappa shape index (κ1) is 16.9. The molecule has 0 aliphatic carbocycles. The smallest absolute Gasteiger partial charge is 0.0163 e. The number of pyridine rings is 1. The molecule has 5 aromatic rings. The van der Waals surface area contributed by atoms with Gasteiger partial charge in [0.25, 0.3) is 0 Å². The fraction of sp³-hybridized carbons (Fsp3) is 0.0417. The van der Waals surface area contributed by atoms with E-state index < -0.39 is 0 Å². The van der Waals surface area contributed by atoms with Gasteiger partial charge in [0.2, 0.25) is 0 Å². The molecular weight excluding hydrogens is 494 g/mol. The molecule has 0 spiro atoms. The summed E-state index contributed by atoms with van der Waals surface area (Å²) in [6.45, 7) is 2.09. The summed E-state index contributed by atoms with van der Waals surface area (Å²) in [7, 11) is 0. The quantitative estimate of drug-likeness (QED) is 0.190. The van der Waals surface area contributed by atoms with Gasteiger partial charge in [-0.05, 0) is 34.8 Å². The summed E-state index contributed by atoms with van der Waals surface area (Å²) < 4.78 is 0. The Hall–Kier alpha value is -2.54. The minimum atomic E-state index is 0. The van der Waals surface area contributed by atoms with Crippen LogP contribution in [0.4, 0.5) is 0 Å². The Balaban J connectivity index is 0.00000168. The molecule has 0 aliphatic rings. The van der Waals surface area contributed by atoms with Crippen molar-refractivity contribution in [3.8, 4) is 11.3 Å². The van der Waals surface area contributed by atoms with Crippen molar-refractivity contribution in [3.05, 3.63) is 90.6 Å². The summed E-state index contributed by atoms with van der Waals surface area (Å²) in [6, 6.07) is 29.2. The normalized spacial score (nSPS) is 11.0. The molecule has 5 rings (SSSR count). The van der Waals surface area contributed by atoms with E-state index in [-0.39, 0.29) is 20.1 Å². The minimum absolute atomic E-state index is 0. The van der Waals surface area contributed by atoms with Gasteiger partial charge in [-0.25, -0.2) is 0 Å². The van der Waals surface area contributed by atoms with Gasteiger partial charge in [-0.15, -0.1) is 23.8 Å². The maximum atomic E-state index is 4.53. The fourth-order valence-corrected chi connectivity index (χ4v) is 3.67. The van der Waals surface area contributed by atoms with Crippen LogP contribution >= 0.6 is 0 Å². The molecule has 0 N–H and O–H groups in total. The molecule has 1 heterocycles. The van der Waals surface area contributed by atoms with Gasteiger partial charge in [0.05, 0.1) is 0 Å². The zero-order chi connectivity index (χ0) is 16.8. The molecule has 26 heavy (non-hydrogen) atoms. The molecule has 0 bridgehead atoms. The van der Waals surface area contributed by atoms with E-state index in [2.05, 4.69) is 84.7 Å². The van der Waals surface area contributed by atoms with Gasteiger partial charge < -0.3 is 4.98 Å². The molecule has 4 aromatic carbocycles. The van der Waals surface area contributed by atoms with Crippen molar-refractivity contribution in [1.29, 1.82) is 0 Å². The number of rotatable bonds is 1. The van der Waals surface area contributed by atoms with Crippen LogP contribution in [0.3, 0.4) is 0 Å². The predicted octanol–water partition coefficient (Wildman–Crippen LogP) is 6.31. The van der Waals surface area contributed by atoms with E-state index in [9.17, 15) is 0 Å². The Morgan fingerprint density at radius 3 is 1.88 bits per heavy atom. The Bertz CT molecular complexity index is 1220. The third-order valence-corrected chi connectivity index (χ3v) is 4.87. The fourth-order valence-electron chi connectivity index (χ4n) is 3.67. The molecule has 1 aromatic heterocycles. The summed E-state index contributed by atoms with van der Waals surface area (Å²) in [5, 5.41) is 7.63. The van der Waals surface area contributed by atoms with E-state index >= 15 is 0 Å². The van der Waals surface area contributed by atoms with Crippen molar-refractivity contribution >= 4 is 32.3 Å². The standard InChI is InChI=1S/C24H16N.Ir/c1-16-12-13-25-24(14-16)17-10-11-22-20-8-3-2-6-18(20)19-7-4-5-9-21(19)23(22)15-17;/h2-9,11-15H,1H3;/q-1;. The number of benzene rings is 4. The molecular formula is C24H16IrN-. The third-order valence-electron chi connectivity index (χ3n) is 4.87. The molecule has 0 atom stereocenters. The van der Waals surface area contributed by atoms with E-state index in [1.165, 1.54) is 37.9 Å². The van der Waals surface area contributed by atoms with E-state index in [1.807, 2.05) is 12.3 Å². The van der Waals surface area contributed by atoms with Crippen LogP contribution < -0.4 is 0 Å². The largest absolute Gasteiger partial charge is 0.305 e. The molecule has 0 aliphatic heterocycles. The zero-order valence-electron chi connectivity index (χ0n) is 14.3. The average Bonchev–Trinajstić information content (AvgIpc) is 2.68. The molecule has 2 heteroatoms. The summed E-state index contributed by atoms with van der Waals surface area (Å²) in [5.41, 5.74) is 3.22. The number of hydrogen-bond donors (Lipinski definition) is 0. The van der Waals surface area contributed by atoms with Crippen molar-refractivity contribution in [2.45, 2.75) is 6.92 Å². The topological polar surface area (TPSA) is 12.9 Å². The van der Waals surface area contributed by atoms with Gasteiger partial charge in [0, 0.05) is 26.3 Å². The second-order valence-corrected chi connectivity index (χ2v) is 6.48. The zero-order valence-corrected chi connectivity index (χ0v) is 16.7. The SMILES string of the molecule is Cc1ccnc(-c2[c-]cc3c4ccccc4c4ccccc4c3c2)c1.[Ir]. The predicted molar refractivity (Wildman–Crippen MR) is 106 cm³/mol. The molecule has 0 fully saturated rings. The number of aryl methyl sites for hydroxylation is 1. The van der Waals surface area contributed by atoms with E-state index in [0.717, 1.165) is 11.3 Å². The van der Waals surface area contributed by atoms with Crippen LogP contribution in [0.2, 0.25) is 0 Å². The number of aromatic nitrogens is 1. The Morgan fingerprint density at radius 2 is 1.27 bits per heavy atom. The summed E-state index contributed by atoms with van der Waals surface area (Å²) in [6.07, 6.45) is 1.86. The maximum Gasteiger partial charge on any atom is 0.0163 e. The van der Waals surface area contributed by atoms with Gasteiger partial charge in [0.15, 0.2) is 0 Å². The maximum absolute atomic E-state index is 4.53. The van der Waals surface area contributed by atoms with Crippen molar-refractivity contribution in [3.63, 3.8) is 0 Å². The first-order valence-corrected chi connectivity index (χ1v) is 8.49. The minimum Gasteiger partial charge on any atom is -0.305 e. The summed E-state index contributed by atoms with van der Waals surface area (Å²) in [5.74, 6) is 0. The Kier molecular flexibility index (Phi) is 4.32. The third kappa shape index (κ3) is 2.63. The molecule has 0 saturated carbocycles. The van der Waals surface area contributed by atoms with Crippen LogP contribution in [0, 0.1) is 13.0 Å². The molecule has 1 radical (unpaired) electrons. The van der Waals surface area contributed by atoms with Gasteiger partial charge in [0.1, 0.15) is 0 Å². The van der Waals surface area contributed by atoms with Crippen LogP contribution in [-0.2, 0) is 20.1 Å². The van der Waals surface area contributed by atoms with E-state index in [0.29, 0.717) is 0 Å². The second-order valence-electron chi connectivity index (χ2n) is 6.48. The van der Waals surface area contributed by atoms with Crippen LogP contribution in [0.5, 0.6) is 0 Å². The molecule has 127 valence electrons. The van der Waals surface area contributed by atoms with E-state index in [4.69, 9.17) is 0 Å². The van der Waals surface area contributed by atoms with Gasteiger partial charge >= 0.3 is 0 Å². The number of nitrogens with zero attached hydrogens (tertiary/aromatic N) is 1. The van der Waals surface area contributed by atoms with Crippen LogP contribution in [0.15, 0.2) is 79.0 Å². The van der Waals surface area contributed by atoms with E-state index in [1.54, 1.807) is 0 Å². The second kappa shape index (κ2) is 6.64. The summed E-state index contributed by atoms with van der Waals surface area (Å²) in [4.78, 5) is 4.53. The van der Waals surface area contributed by atoms with Crippen LogP contribution in [0.1, 0.15) is 5.56 Å². The van der Waals surface area contributed by atoms with Crippen molar-refractivity contribution in [2.75, 3.05) is 0 Å². The van der Waals surface area contributed by atoms with Crippen molar-refractivity contribution in [1.82, 2.24) is 4.98 Å². The molecule has 1 nitrogen and oxygen atoms in total. The Morgan fingerprint density at radius 1 is 0.692 bits per heavy atom. The number of hydrogen-bond acceptors (Lipinski definition) is 1. The first-order valence-electron chi connectivity index (χ1n) is 8.49. The monoisotopic (exact) mass is 511 g/mol. The van der Waals surface area contributed by atoms with Crippen LogP contribution in [-0.4, -0.2) is 4.98 Å². The molecule has 0 saturated heterocycles. The first-order chi connectivity index (χ1) is 12.3. The van der Waals surface area contributed by atoms with Crippen LogP contribution in [0.25, 0.3) is 43.6 Å². The average molecular weight is 511 g/mol. The van der Waals surface area contributed by atoms with Crippen molar-refractivity contribution < 1.29 is 20.1 Å². The molecule has 0 unspecified atom stereocenters.